The molecule has 2 rings (SSSR count). The SMILES string of the molecule is CC[C@H](COc1ccc(C(C)(C)C)cc1)CSc1ccc(OCC(=O)O)c(C)c1. The minimum absolute atomic E-state index is 0.146. The summed E-state index contributed by atoms with van der Waals surface area (Å²) in [7, 11) is 0. The zero-order valence-electron chi connectivity index (χ0n) is 18.0. The van der Waals surface area contributed by atoms with Crippen molar-refractivity contribution >= 4 is 17.7 Å². The van der Waals surface area contributed by atoms with E-state index in [2.05, 4.69) is 52.0 Å². The number of hydrogen-bond donors (Lipinski definition) is 1. The molecular formula is C24H32O4S. The Labute approximate surface area is 178 Å². The van der Waals surface area contributed by atoms with Crippen LogP contribution in [0.3, 0.4) is 0 Å². The summed E-state index contributed by atoms with van der Waals surface area (Å²) >= 11 is 1.79. The van der Waals surface area contributed by atoms with Gasteiger partial charge in [-0.15, -0.1) is 11.8 Å². The minimum atomic E-state index is -0.971. The van der Waals surface area contributed by atoms with Gasteiger partial charge < -0.3 is 14.6 Å². The molecule has 0 amide bonds. The van der Waals surface area contributed by atoms with E-state index in [1.54, 1.807) is 11.8 Å². The van der Waals surface area contributed by atoms with Crippen molar-refractivity contribution in [2.75, 3.05) is 19.0 Å². The highest BCUT2D eigenvalue weighted by Gasteiger charge is 2.14. The van der Waals surface area contributed by atoms with Crippen LogP contribution in [0.15, 0.2) is 47.4 Å². The first kappa shape index (κ1) is 23.1. The van der Waals surface area contributed by atoms with E-state index in [0.29, 0.717) is 18.3 Å². The second-order valence-electron chi connectivity index (χ2n) is 8.28. The third kappa shape index (κ3) is 7.65. The van der Waals surface area contributed by atoms with Crippen molar-refractivity contribution in [1.29, 1.82) is 0 Å². The Morgan fingerprint density at radius 1 is 1.10 bits per heavy atom. The second kappa shape index (κ2) is 10.6. The van der Waals surface area contributed by atoms with Gasteiger partial charge in [0.25, 0.3) is 0 Å². The summed E-state index contributed by atoms with van der Waals surface area (Å²) in [4.78, 5) is 11.8. The fourth-order valence-corrected chi connectivity index (χ4v) is 3.96. The molecule has 0 saturated carbocycles. The van der Waals surface area contributed by atoms with Crippen molar-refractivity contribution in [1.82, 2.24) is 0 Å². The van der Waals surface area contributed by atoms with Gasteiger partial charge in [-0.3, -0.25) is 0 Å². The number of benzene rings is 2. The van der Waals surface area contributed by atoms with Crippen LogP contribution in [0.5, 0.6) is 11.5 Å². The third-order valence-electron chi connectivity index (χ3n) is 4.77. The van der Waals surface area contributed by atoms with Gasteiger partial charge in [-0.25, -0.2) is 4.79 Å². The van der Waals surface area contributed by atoms with Gasteiger partial charge in [-0.05, 0) is 60.2 Å². The predicted octanol–water partition coefficient (Wildman–Crippen LogP) is 5.95. The van der Waals surface area contributed by atoms with E-state index in [1.807, 2.05) is 25.1 Å². The standard InChI is InChI=1S/C24H32O4S/c1-6-18(14-27-20-9-7-19(8-10-20)24(3,4)5)16-29-21-11-12-22(17(2)13-21)28-15-23(25)26/h7-13,18H,6,14-16H2,1-5H3,(H,25,26)/t18-/m1/s1. The first-order valence-electron chi connectivity index (χ1n) is 10.0. The Kier molecular flexibility index (Phi) is 8.45. The van der Waals surface area contributed by atoms with Gasteiger partial charge in [0.2, 0.25) is 0 Å². The van der Waals surface area contributed by atoms with Crippen LogP contribution in [0.4, 0.5) is 0 Å². The van der Waals surface area contributed by atoms with E-state index in [9.17, 15) is 4.79 Å². The zero-order chi connectivity index (χ0) is 21.4. The highest BCUT2D eigenvalue weighted by molar-refractivity contribution is 7.99. The van der Waals surface area contributed by atoms with Crippen molar-refractivity contribution in [2.24, 2.45) is 5.92 Å². The molecule has 0 aromatic heterocycles. The summed E-state index contributed by atoms with van der Waals surface area (Å²) in [5, 5.41) is 8.73. The normalized spacial score (nSPS) is 12.4. The van der Waals surface area contributed by atoms with Crippen LogP contribution in [-0.4, -0.2) is 30.0 Å². The molecule has 0 spiro atoms. The first-order chi connectivity index (χ1) is 13.7. The lowest BCUT2D eigenvalue weighted by molar-refractivity contribution is -0.139. The molecule has 0 aliphatic carbocycles. The van der Waals surface area contributed by atoms with E-state index >= 15 is 0 Å². The number of ether oxygens (including phenoxy) is 2. The highest BCUT2D eigenvalue weighted by Crippen LogP contribution is 2.28. The number of carbonyl (C=O) groups is 1. The lowest BCUT2D eigenvalue weighted by Gasteiger charge is -2.20. The van der Waals surface area contributed by atoms with Crippen molar-refractivity contribution in [3.8, 4) is 11.5 Å². The van der Waals surface area contributed by atoms with E-state index in [1.165, 1.54) is 5.56 Å². The molecule has 0 unspecified atom stereocenters. The molecular weight excluding hydrogens is 384 g/mol. The number of carboxylic acids is 1. The fraction of sp³-hybridized carbons (Fsp3) is 0.458. The molecule has 0 aliphatic heterocycles. The minimum Gasteiger partial charge on any atom is -0.493 e. The van der Waals surface area contributed by atoms with Crippen LogP contribution >= 0.6 is 11.8 Å². The lowest BCUT2D eigenvalue weighted by Crippen LogP contribution is -2.14. The molecule has 0 bridgehead atoms. The lowest BCUT2D eigenvalue weighted by atomic mass is 9.87. The Morgan fingerprint density at radius 3 is 2.34 bits per heavy atom. The Bertz CT molecular complexity index is 794. The summed E-state index contributed by atoms with van der Waals surface area (Å²) in [6.45, 7) is 11.1. The zero-order valence-corrected chi connectivity index (χ0v) is 18.8. The molecule has 5 heteroatoms. The largest absolute Gasteiger partial charge is 0.493 e. The predicted molar refractivity (Wildman–Crippen MR) is 119 cm³/mol. The molecule has 1 atom stereocenters. The average molecular weight is 417 g/mol. The van der Waals surface area contributed by atoms with Crippen LogP contribution < -0.4 is 9.47 Å². The maximum absolute atomic E-state index is 10.6. The first-order valence-corrected chi connectivity index (χ1v) is 11.0. The summed E-state index contributed by atoms with van der Waals surface area (Å²) in [5.41, 5.74) is 2.39. The molecule has 1 N–H and O–H groups in total. The summed E-state index contributed by atoms with van der Waals surface area (Å²) in [5.74, 6) is 1.97. The molecule has 0 radical (unpaired) electrons. The maximum atomic E-state index is 10.6. The van der Waals surface area contributed by atoms with Gasteiger partial charge >= 0.3 is 5.97 Å². The topological polar surface area (TPSA) is 55.8 Å². The molecule has 4 nitrogen and oxygen atoms in total. The molecule has 29 heavy (non-hydrogen) atoms. The van der Waals surface area contributed by atoms with Crippen molar-refractivity contribution in [3.63, 3.8) is 0 Å². The number of carboxylic acid groups (broad SMARTS) is 1. The number of aryl methyl sites for hydroxylation is 1. The number of thioether (sulfide) groups is 1. The van der Waals surface area contributed by atoms with Crippen molar-refractivity contribution in [3.05, 3.63) is 53.6 Å². The summed E-state index contributed by atoms with van der Waals surface area (Å²) < 4.78 is 11.3. The van der Waals surface area contributed by atoms with Crippen molar-refractivity contribution < 1.29 is 19.4 Å². The average Bonchev–Trinajstić information content (AvgIpc) is 2.67. The van der Waals surface area contributed by atoms with Crippen LogP contribution in [-0.2, 0) is 10.2 Å². The van der Waals surface area contributed by atoms with Gasteiger partial charge in [0.15, 0.2) is 6.61 Å². The van der Waals surface area contributed by atoms with Crippen LogP contribution in [0.1, 0.15) is 45.2 Å². The maximum Gasteiger partial charge on any atom is 0.341 e. The fourth-order valence-electron chi connectivity index (χ4n) is 2.78. The molecule has 0 saturated heterocycles. The summed E-state index contributed by atoms with van der Waals surface area (Å²) in [6.07, 6.45) is 1.05. The number of aliphatic carboxylic acids is 1. The monoisotopic (exact) mass is 416 g/mol. The van der Waals surface area contributed by atoms with Crippen LogP contribution in [0.2, 0.25) is 0 Å². The molecule has 0 aliphatic rings. The molecule has 0 fully saturated rings. The molecule has 158 valence electrons. The highest BCUT2D eigenvalue weighted by atomic mass is 32.2. The van der Waals surface area contributed by atoms with Gasteiger partial charge in [-0.1, -0.05) is 39.8 Å². The van der Waals surface area contributed by atoms with Gasteiger partial charge in [0.05, 0.1) is 6.61 Å². The van der Waals surface area contributed by atoms with Crippen molar-refractivity contribution in [2.45, 2.75) is 51.3 Å². The van der Waals surface area contributed by atoms with E-state index in [4.69, 9.17) is 14.6 Å². The Hall–Kier alpha value is -2.14. The quantitative estimate of drug-likeness (QED) is 0.485. The number of rotatable bonds is 10. The van der Waals surface area contributed by atoms with E-state index < -0.39 is 5.97 Å². The Morgan fingerprint density at radius 2 is 1.79 bits per heavy atom. The van der Waals surface area contributed by atoms with E-state index in [0.717, 1.165) is 28.4 Å². The van der Waals surface area contributed by atoms with Gasteiger partial charge in [0, 0.05) is 16.6 Å². The van der Waals surface area contributed by atoms with Crippen LogP contribution in [0, 0.1) is 12.8 Å². The molecule has 2 aromatic rings. The smallest absolute Gasteiger partial charge is 0.341 e. The second-order valence-corrected chi connectivity index (χ2v) is 9.37. The molecule has 2 aromatic carbocycles. The Balaban J connectivity index is 1.85. The molecule has 0 heterocycles. The van der Waals surface area contributed by atoms with Gasteiger partial charge in [-0.2, -0.15) is 0 Å². The third-order valence-corrected chi connectivity index (χ3v) is 5.99. The number of hydrogen-bond acceptors (Lipinski definition) is 4. The summed E-state index contributed by atoms with van der Waals surface area (Å²) in [6, 6.07) is 14.3. The van der Waals surface area contributed by atoms with E-state index in [-0.39, 0.29) is 12.0 Å². The van der Waals surface area contributed by atoms with Gasteiger partial charge in [0.1, 0.15) is 11.5 Å². The van der Waals surface area contributed by atoms with Crippen LogP contribution in [0.25, 0.3) is 0 Å².